The number of nitrogens with zero attached hydrogens (tertiary/aromatic N) is 2. The zero-order chi connectivity index (χ0) is 12.3. The summed E-state index contributed by atoms with van der Waals surface area (Å²) in [5.41, 5.74) is 6.32. The Kier molecular flexibility index (Phi) is 3.60. The second-order valence-corrected chi connectivity index (χ2v) is 4.37. The topological polar surface area (TPSA) is 42.2 Å². The quantitative estimate of drug-likeness (QED) is 0.784. The molecule has 0 atom stereocenters. The highest BCUT2D eigenvalue weighted by molar-refractivity contribution is 5.48. The first-order valence-corrected chi connectivity index (χ1v) is 5.77. The smallest absolute Gasteiger partial charge is 0.141 e. The van der Waals surface area contributed by atoms with Crippen molar-refractivity contribution in [2.24, 2.45) is 11.7 Å². The van der Waals surface area contributed by atoms with Gasteiger partial charge in [-0.1, -0.05) is 5.92 Å². The van der Waals surface area contributed by atoms with Gasteiger partial charge in [0.1, 0.15) is 11.6 Å². The van der Waals surface area contributed by atoms with Crippen LogP contribution >= 0.6 is 0 Å². The molecular weight excluding hydrogens is 217 g/mol. The van der Waals surface area contributed by atoms with E-state index in [1.807, 2.05) is 4.90 Å². The molecule has 0 saturated heterocycles. The molecule has 0 spiro atoms. The Balaban J connectivity index is 2.23. The highest BCUT2D eigenvalue weighted by Gasteiger charge is 2.25. The number of pyridine rings is 1. The fourth-order valence-corrected chi connectivity index (χ4v) is 1.86. The van der Waals surface area contributed by atoms with Crippen molar-refractivity contribution in [3.05, 3.63) is 23.6 Å². The van der Waals surface area contributed by atoms with Crippen LogP contribution in [0.3, 0.4) is 0 Å². The number of nitrogens with two attached hydrogens (primary N) is 1. The average molecular weight is 233 g/mol. The molecule has 1 fully saturated rings. The molecule has 0 aliphatic heterocycles. The van der Waals surface area contributed by atoms with Crippen LogP contribution < -0.4 is 10.6 Å². The summed E-state index contributed by atoms with van der Waals surface area (Å²) in [7, 11) is 0. The van der Waals surface area contributed by atoms with Gasteiger partial charge in [-0.3, -0.25) is 0 Å². The van der Waals surface area contributed by atoms with E-state index < -0.39 is 0 Å². The van der Waals surface area contributed by atoms with E-state index in [9.17, 15) is 4.39 Å². The summed E-state index contributed by atoms with van der Waals surface area (Å²) in [4.78, 5) is 6.14. The molecule has 0 aromatic carbocycles. The van der Waals surface area contributed by atoms with Crippen molar-refractivity contribution in [2.75, 3.05) is 18.0 Å². The zero-order valence-corrected chi connectivity index (χ0v) is 9.69. The Bertz CT molecular complexity index is 435. The molecule has 0 amide bonds. The highest BCUT2D eigenvalue weighted by atomic mass is 19.1. The first kappa shape index (κ1) is 11.9. The van der Waals surface area contributed by atoms with Crippen molar-refractivity contribution in [3.8, 4) is 12.3 Å². The van der Waals surface area contributed by atoms with Crippen molar-refractivity contribution < 1.29 is 4.39 Å². The maximum Gasteiger partial charge on any atom is 0.141 e. The van der Waals surface area contributed by atoms with Crippen LogP contribution in [0, 0.1) is 24.1 Å². The van der Waals surface area contributed by atoms with Gasteiger partial charge in [0.25, 0.3) is 0 Å². The molecule has 0 radical (unpaired) electrons. The molecule has 3 nitrogen and oxygen atoms in total. The van der Waals surface area contributed by atoms with Gasteiger partial charge in [0.15, 0.2) is 0 Å². The monoisotopic (exact) mass is 233 g/mol. The summed E-state index contributed by atoms with van der Waals surface area (Å²) in [6.07, 6.45) is 9.05. The van der Waals surface area contributed by atoms with Crippen LogP contribution in [0.15, 0.2) is 12.3 Å². The molecule has 4 heteroatoms. The molecule has 1 aliphatic rings. The predicted molar refractivity (Wildman–Crippen MR) is 65.9 cm³/mol. The van der Waals surface area contributed by atoms with E-state index in [4.69, 9.17) is 12.2 Å². The molecule has 1 aromatic rings. The summed E-state index contributed by atoms with van der Waals surface area (Å²) in [5, 5.41) is 0. The lowest BCUT2D eigenvalue weighted by Crippen LogP contribution is -2.28. The van der Waals surface area contributed by atoms with Gasteiger partial charge in [0.05, 0.1) is 12.7 Å². The lowest BCUT2D eigenvalue weighted by Gasteiger charge is -2.23. The number of hydrogen-bond acceptors (Lipinski definition) is 3. The van der Waals surface area contributed by atoms with Gasteiger partial charge in [-0.15, -0.1) is 6.42 Å². The van der Waals surface area contributed by atoms with Gasteiger partial charge in [-0.05, 0) is 24.8 Å². The van der Waals surface area contributed by atoms with E-state index in [1.54, 1.807) is 0 Å². The SMILES string of the molecule is C#CCN(CC1CC1)c1ncc(F)cc1CN. The number of halogens is 1. The van der Waals surface area contributed by atoms with Crippen LogP contribution in [-0.2, 0) is 6.54 Å². The van der Waals surface area contributed by atoms with Crippen LogP contribution in [0.4, 0.5) is 10.2 Å². The standard InChI is InChI=1S/C13H16FN3/c1-2-5-17(9-10-3-4-10)13-11(7-15)6-12(14)8-16-13/h1,6,8,10H,3-5,7,9,15H2. The van der Waals surface area contributed by atoms with Crippen LogP contribution in [0.1, 0.15) is 18.4 Å². The van der Waals surface area contributed by atoms with Crippen molar-refractivity contribution in [1.82, 2.24) is 4.98 Å². The van der Waals surface area contributed by atoms with Crippen LogP contribution in [0.25, 0.3) is 0 Å². The first-order valence-electron chi connectivity index (χ1n) is 5.77. The molecule has 90 valence electrons. The fourth-order valence-electron chi connectivity index (χ4n) is 1.86. The lowest BCUT2D eigenvalue weighted by molar-refractivity contribution is 0.616. The van der Waals surface area contributed by atoms with Crippen LogP contribution in [0.2, 0.25) is 0 Å². The molecule has 0 unspecified atom stereocenters. The predicted octanol–water partition coefficient (Wildman–Crippen LogP) is 1.53. The third-order valence-electron chi connectivity index (χ3n) is 2.89. The third-order valence-corrected chi connectivity index (χ3v) is 2.89. The number of hydrogen-bond donors (Lipinski definition) is 1. The van der Waals surface area contributed by atoms with E-state index >= 15 is 0 Å². The molecule has 1 aliphatic carbocycles. The van der Waals surface area contributed by atoms with Gasteiger partial charge in [-0.25, -0.2) is 9.37 Å². The fraction of sp³-hybridized carbons (Fsp3) is 0.462. The highest BCUT2D eigenvalue weighted by Crippen LogP contribution is 2.31. The largest absolute Gasteiger partial charge is 0.345 e. The van der Waals surface area contributed by atoms with Crippen molar-refractivity contribution >= 4 is 5.82 Å². The van der Waals surface area contributed by atoms with E-state index in [0.717, 1.165) is 12.4 Å². The zero-order valence-electron chi connectivity index (χ0n) is 9.69. The summed E-state index contributed by atoms with van der Waals surface area (Å²) < 4.78 is 13.1. The van der Waals surface area contributed by atoms with Gasteiger partial charge >= 0.3 is 0 Å². The van der Waals surface area contributed by atoms with Crippen molar-refractivity contribution in [2.45, 2.75) is 19.4 Å². The average Bonchev–Trinajstić information content (AvgIpc) is 3.12. The maximum absolute atomic E-state index is 13.1. The van der Waals surface area contributed by atoms with Crippen LogP contribution in [0.5, 0.6) is 0 Å². The molecule has 1 heterocycles. The summed E-state index contributed by atoms with van der Waals surface area (Å²) in [6.45, 7) is 1.64. The van der Waals surface area contributed by atoms with E-state index in [-0.39, 0.29) is 12.4 Å². The minimum absolute atomic E-state index is 0.270. The molecule has 2 rings (SSSR count). The Hall–Kier alpha value is -1.60. The minimum Gasteiger partial charge on any atom is -0.345 e. The summed E-state index contributed by atoms with van der Waals surface area (Å²) in [5.74, 6) is 3.67. The summed E-state index contributed by atoms with van der Waals surface area (Å²) >= 11 is 0. The lowest BCUT2D eigenvalue weighted by atomic mass is 10.2. The number of aromatic nitrogens is 1. The van der Waals surface area contributed by atoms with Gasteiger partial charge < -0.3 is 10.6 Å². The molecule has 1 saturated carbocycles. The van der Waals surface area contributed by atoms with E-state index in [0.29, 0.717) is 18.0 Å². The molecule has 17 heavy (non-hydrogen) atoms. The number of anilines is 1. The van der Waals surface area contributed by atoms with Gasteiger partial charge in [0, 0.05) is 18.7 Å². The number of terminal acetylenes is 1. The Morgan fingerprint density at radius 1 is 1.59 bits per heavy atom. The second kappa shape index (κ2) is 5.15. The minimum atomic E-state index is -0.360. The van der Waals surface area contributed by atoms with E-state index in [2.05, 4.69) is 10.9 Å². The van der Waals surface area contributed by atoms with Crippen molar-refractivity contribution in [1.29, 1.82) is 0 Å². The van der Waals surface area contributed by atoms with Crippen molar-refractivity contribution in [3.63, 3.8) is 0 Å². The Morgan fingerprint density at radius 3 is 2.94 bits per heavy atom. The van der Waals surface area contributed by atoms with Gasteiger partial charge in [-0.2, -0.15) is 0 Å². The molecule has 2 N–H and O–H groups in total. The van der Waals surface area contributed by atoms with E-state index in [1.165, 1.54) is 25.1 Å². The Morgan fingerprint density at radius 2 is 2.35 bits per heavy atom. The third kappa shape index (κ3) is 2.95. The molecule has 0 bridgehead atoms. The normalized spacial score (nSPS) is 14.4. The van der Waals surface area contributed by atoms with Gasteiger partial charge in [0.2, 0.25) is 0 Å². The first-order chi connectivity index (χ1) is 8.24. The maximum atomic E-state index is 13.1. The second-order valence-electron chi connectivity index (χ2n) is 4.37. The summed E-state index contributed by atoms with van der Waals surface area (Å²) in [6, 6.07) is 1.43. The molecular formula is C13H16FN3. The van der Waals surface area contributed by atoms with Crippen LogP contribution in [-0.4, -0.2) is 18.1 Å². The Labute approximate surface area is 101 Å². The molecule has 1 aromatic heterocycles. The number of rotatable bonds is 5.